The van der Waals surface area contributed by atoms with Crippen molar-refractivity contribution in [1.29, 1.82) is 0 Å². The van der Waals surface area contributed by atoms with Crippen LogP contribution in [-0.2, 0) is 5.41 Å². The lowest BCUT2D eigenvalue weighted by atomic mass is 9.58. The van der Waals surface area contributed by atoms with Crippen LogP contribution < -0.4 is 0 Å². The van der Waals surface area contributed by atoms with Gasteiger partial charge in [-0.25, -0.2) is 0 Å². The van der Waals surface area contributed by atoms with E-state index in [0.29, 0.717) is 5.41 Å². The summed E-state index contributed by atoms with van der Waals surface area (Å²) in [5, 5.41) is 0. The van der Waals surface area contributed by atoms with Crippen molar-refractivity contribution < 1.29 is 0 Å². The first-order chi connectivity index (χ1) is 10.4. The topological polar surface area (TPSA) is 0 Å². The quantitative estimate of drug-likeness (QED) is 0.619. The first kappa shape index (κ1) is 15.3. The highest BCUT2D eigenvalue weighted by Crippen LogP contribution is 2.51. The number of rotatable bonds is 2. The van der Waals surface area contributed by atoms with Crippen molar-refractivity contribution in [2.75, 3.05) is 0 Å². The molecule has 1 fully saturated rings. The van der Waals surface area contributed by atoms with Gasteiger partial charge in [-0.05, 0) is 49.7 Å². The summed E-state index contributed by atoms with van der Waals surface area (Å²) in [4.78, 5) is 0. The van der Waals surface area contributed by atoms with Crippen LogP contribution in [0.5, 0.6) is 0 Å². The smallest absolute Gasteiger partial charge is 0.0208 e. The minimum atomic E-state index is 0.184. The highest BCUT2D eigenvalue weighted by Gasteiger charge is 2.42. The first-order valence-electron chi connectivity index (χ1n) is 8.56. The van der Waals surface area contributed by atoms with Crippen LogP contribution in [0.3, 0.4) is 0 Å². The molecule has 0 atom stereocenters. The lowest BCUT2D eigenvalue weighted by Crippen LogP contribution is -2.37. The van der Waals surface area contributed by atoms with Crippen molar-refractivity contribution in [3.05, 3.63) is 70.8 Å². The minimum absolute atomic E-state index is 0.184. The molecule has 1 saturated carbocycles. The summed E-state index contributed by atoms with van der Waals surface area (Å²) in [7, 11) is 0. The van der Waals surface area contributed by atoms with Crippen molar-refractivity contribution >= 4 is 0 Å². The Kier molecular flexibility index (Phi) is 3.89. The van der Waals surface area contributed by atoms with E-state index in [1.54, 1.807) is 0 Å². The Balaban J connectivity index is 2.13. The van der Waals surface area contributed by atoms with E-state index in [2.05, 4.69) is 76.2 Å². The molecule has 0 N–H and O–H groups in total. The Morgan fingerprint density at radius 1 is 0.682 bits per heavy atom. The fourth-order valence-corrected chi connectivity index (χ4v) is 4.27. The molecule has 2 aromatic carbocycles. The van der Waals surface area contributed by atoms with E-state index in [4.69, 9.17) is 0 Å². The number of benzene rings is 2. The Morgan fingerprint density at radius 3 is 1.55 bits per heavy atom. The highest BCUT2D eigenvalue weighted by molar-refractivity contribution is 5.42. The Bertz CT molecular complexity index is 583. The Labute approximate surface area is 135 Å². The third kappa shape index (κ3) is 2.84. The molecule has 0 saturated heterocycles. The molecule has 0 bridgehead atoms. The predicted molar refractivity (Wildman–Crippen MR) is 95.4 cm³/mol. The van der Waals surface area contributed by atoms with Gasteiger partial charge in [0.1, 0.15) is 0 Å². The molecular weight excluding hydrogens is 264 g/mol. The third-order valence-corrected chi connectivity index (χ3v) is 5.45. The van der Waals surface area contributed by atoms with E-state index >= 15 is 0 Å². The summed E-state index contributed by atoms with van der Waals surface area (Å²) >= 11 is 0. The largest absolute Gasteiger partial charge is 0.0599 e. The first-order valence-corrected chi connectivity index (χ1v) is 8.56. The van der Waals surface area contributed by atoms with E-state index in [0.717, 1.165) is 0 Å². The van der Waals surface area contributed by atoms with E-state index in [1.807, 2.05) is 0 Å². The van der Waals surface area contributed by atoms with Gasteiger partial charge in [0.25, 0.3) is 0 Å². The lowest BCUT2D eigenvalue weighted by Gasteiger charge is -2.46. The second-order valence-corrected chi connectivity index (χ2v) is 8.01. The molecule has 2 aromatic rings. The van der Waals surface area contributed by atoms with Gasteiger partial charge in [-0.1, -0.05) is 79.9 Å². The average Bonchev–Trinajstić information content (AvgIpc) is 2.47. The lowest BCUT2D eigenvalue weighted by molar-refractivity contribution is 0.173. The van der Waals surface area contributed by atoms with Crippen LogP contribution in [0.25, 0.3) is 0 Å². The zero-order chi connectivity index (χ0) is 15.8. The van der Waals surface area contributed by atoms with E-state index < -0.39 is 0 Å². The van der Waals surface area contributed by atoms with Gasteiger partial charge in [-0.3, -0.25) is 0 Å². The summed E-state index contributed by atoms with van der Waals surface area (Å²) in [6.07, 6.45) is 5.16. The summed E-state index contributed by atoms with van der Waals surface area (Å²) in [5.41, 5.74) is 6.28. The Morgan fingerprint density at radius 2 is 1.14 bits per heavy atom. The maximum atomic E-state index is 2.43. The van der Waals surface area contributed by atoms with E-state index in [1.165, 1.54) is 47.9 Å². The summed E-state index contributed by atoms with van der Waals surface area (Å²) in [6.45, 7) is 9.22. The van der Waals surface area contributed by atoms with Gasteiger partial charge < -0.3 is 0 Å². The standard InChI is InChI=1S/C22H28/c1-17-6-10-19(11-7-17)22(15-5-14-21(3,4)16-22)20-12-8-18(2)9-13-20/h6-13H,5,14-16H2,1-4H3. The van der Waals surface area contributed by atoms with Crippen LogP contribution in [0.2, 0.25) is 0 Å². The van der Waals surface area contributed by atoms with Crippen molar-refractivity contribution in [1.82, 2.24) is 0 Å². The molecule has 0 radical (unpaired) electrons. The molecule has 0 nitrogen and oxygen atoms in total. The van der Waals surface area contributed by atoms with Gasteiger partial charge in [-0.15, -0.1) is 0 Å². The minimum Gasteiger partial charge on any atom is -0.0599 e. The van der Waals surface area contributed by atoms with Gasteiger partial charge in [0, 0.05) is 5.41 Å². The molecule has 116 valence electrons. The summed E-state index contributed by atoms with van der Waals surface area (Å²) in [5.74, 6) is 0. The molecule has 0 aromatic heterocycles. The highest BCUT2D eigenvalue weighted by atomic mass is 14.5. The van der Waals surface area contributed by atoms with Crippen LogP contribution >= 0.6 is 0 Å². The summed E-state index contributed by atoms with van der Waals surface area (Å²) < 4.78 is 0. The fraction of sp³-hybridized carbons (Fsp3) is 0.455. The van der Waals surface area contributed by atoms with E-state index in [9.17, 15) is 0 Å². The van der Waals surface area contributed by atoms with Gasteiger partial charge >= 0.3 is 0 Å². The van der Waals surface area contributed by atoms with Crippen LogP contribution in [0.1, 0.15) is 61.8 Å². The predicted octanol–water partition coefficient (Wildman–Crippen LogP) is 6.19. The molecule has 0 amide bonds. The van der Waals surface area contributed by atoms with Crippen molar-refractivity contribution in [2.45, 2.75) is 58.8 Å². The molecule has 1 aliphatic carbocycles. The van der Waals surface area contributed by atoms with Crippen LogP contribution in [0.4, 0.5) is 0 Å². The molecular formula is C22H28. The molecule has 0 aliphatic heterocycles. The van der Waals surface area contributed by atoms with Crippen LogP contribution in [0.15, 0.2) is 48.5 Å². The molecule has 3 rings (SSSR count). The van der Waals surface area contributed by atoms with Crippen molar-refractivity contribution in [3.63, 3.8) is 0 Å². The molecule has 0 heteroatoms. The van der Waals surface area contributed by atoms with Crippen LogP contribution in [0, 0.1) is 19.3 Å². The fourth-order valence-electron chi connectivity index (χ4n) is 4.27. The molecule has 0 spiro atoms. The third-order valence-electron chi connectivity index (χ3n) is 5.45. The second kappa shape index (κ2) is 5.57. The van der Waals surface area contributed by atoms with Crippen molar-refractivity contribution in [3.8, 4) is 0 Å². The summed E-state index contributed by atoms with van der Waals surface area (Å²) in [6, 6.07) is 18.5. The average molecular weight is 292 g/mol. The number of aryl methyl sites for hydroxylation is 2. The molecule has 0 heterocycles. The van der Waals surface area contributed by atoms with E-state index in [-0.39, 0.29) is 5.41 Å². The molecule has 1 aliphatic rings. The monoisotopic (exact) mass is 292 g/mol. The van der Waals surface area contributed by atoms with Gasteiger partial charge in [-0.2, -0.15) is 0 Å². The number of hydrogen-bond donors (Lipinski definition) is 0. The van der Waals surface area contributed by atoms with Crippen molar-refractivity contribution in [2.24, 2.45) is 5.41 Å². The SMILES string of the molecule is Cc1ccc(C2(c3ccc(C)cc3)CCCC(C)(C)C2)cc1. The van der Waals surface area contributed by atoms with Crippen LogP contribution in [-0.4, -0.2) is 0 Å². The van der Waals surface area contributed by atoms with Gasteiger partial charge in [0.15, 0.2) is 0 Å². The number of hydrogen-bond acceptors (Lipinski definition) is 0. The van der Waals surface area contributed by atoms with Gasteiger partial charge in [0.2, 0.25) is 0 Å². The van der Waals surface area contributed by atoms with Gasteiger partial charge in [0.05, 0.1) is 0 Å². The second-order valence-electron chi connectivity index (χ2n) is 8.01. The molecule has 22 heavy (non-hydrogen) atoms. The zero-order valence-electron chi connectivity index (χ0n) is 14.4. The molecule has 0 unspecified atom stereocenters. The Hall–Kier alpha value is -1.56. The maximum absolute atomic E-state index is 2.43. The zero-order valence-corrected chi connectivity index (χ0v) is 14.4. The maximum Gasteiger partial charge on any atom is 0.0208 e. The normalized spacial score (nSPS) is 19.8.